The monoisotopic (exact) mass is 263 g/mol. The van der Waals surface area contributed by atoms with E-state index in [1.165, 1.54) is 25.3 Å². The van der Waals surface area contributed by atoms with Gasteiger partial charge in [-0.15, -0.1) is 0 Å². The number of primary amides is 1. The highest BCUT2D eigenvalue weighted by molar-refractivity contribution is 5.76. The lowest BCUT2D eigenvalue weighted by atomic mass is 10.1. The van der Waals surface area contributed by atoms with E-state index in [4.69, 9.17) is 0 Å². The van der Waals surface area contributed by atoms with Gasteiger partial charge in [0.1, 0.15) is 0 Å². The zero-order chi connectivity index (χ0) is 14.1. The summed E-state index contributed by atoms with van der Waals surface area (Å²) >= 11 is 0. The van der Waals surface area contributed by atoms with Gasteiger partial charge >= 0.3 is 0 Å². The van der Waals surface area contributed by atoms with Crippen LogP contribution < -0.4 is 5.73 Å². The Labute approximate surface area is 113 Å². The van der Waals surface area contributed by atoms with Crippen LogP contribution in [0.3, 0.4) is 0 Å². The second kappa shape index (κ2) is 8.24. The fraction of sp³-hybridized carbons (Fsp3) is 0.500. The van der Waals surface area contributed by atoms with Crippen LogP contribution >= 0.6 is 0 Å². The first-order chi connectivity index (χ1) is 9.09. The molecule has 1 aliphatic rings. The van der Waals surface area contributed by atoms with Crippen LogP contribution in [0.4, 0.5) is 0 Å². The Kier molecular flexibility index (Phi) is 6.57. The molecule has 104 valence electrons. The van der Waals surface area contributed by atoms with Gasteiger partial charge in [-0.2, -0.15) is 0 Å². The number of pyridine rings is 1. The maximum absolute atomic E-state index is 11.7. The lowest BCUT2D eigenvalue weighted by molar-refractivity contribution is -0.130. The minimum Gasteiger partial charge on any atom is -0.370 e. The number of likely N-dealkylation sites (tertiary alicyclic amines) is 1. The number of carbonyl (C=O) groups is 2. The van der Waals surface area contributed by atoms with Crippen molar-refractivity contribution in [3.63, 3.8) is 0 Å². The van der Waals surface area contributed by atoms with Crippen LogP contribution in [0.2, 0.25) is 0 Å². The van der Waals surface area contributed by atoms with Crippen LogP contribution in [0.1, 0.15) is 31.7 Å². The van der Waals surface area contributed by atoms with E-state index in [2.05, 4.69) is 10.7 Å². The van der Waals surface area contributed by atoms with Gasteiger partial charge in [-0.25, -0.2) is 0 Å². The zero-order valence-corrected chi connectivity index (χ0v) is 11.3. The standard InChI is InChI=1S/C12H16N2O.C2H5NO/c15-12(14-9-1-2-10-14)4-3-11-5-7-13-8-6-11;1-2(3)4/h5-8H,1-4,9-10H2;1H3,(H2,3,4). The molecule has 0 atom stereocenters. The molecule has 0 saturated carbocycles. The first kappa shape index (κ1) is 15.1. The Morgan fingerprint density at radius 2 is 1.79 bits per heavy atom. The summed E-state index contributed by atoms with van der Waals surface area (Å²) in [6.45, 7) is 3.21. The van der Waals surface area contributed by atoms with E-state index in [0.29, 0.717) is 12.3 Å². The number of rotatable bonds is 3. The van der Waals surface area contributed by atoms with Crippen molar-refractivity contribution in [2.45, 2.75) is 32.6 Å². The van der Waals surface area contributed by atoms with E-state index in [-0.39, 0.29) is 5.91 Å². The smallest absolute Gasteiger partial charge is 0.222 e. The Bertz CT molecular complexity index is 396. The average molecular weight is 263 g/mol. The van der Waals surface area contributed by atoms with Gasteiger partial charge in [0, 0.05) is 38.8 Å². The molecule has 2 heterocycles. The molecule has 0 bridgehead atoms. The van der Waals surface area contributed by atoms with Crippen molar-refractivity contribution in [2.24, 2.45) is 5.73 Å². The van der Waals surface area contributed by atoms with Crippen molar-refractivity contribution in [3.05, 3.63) is 30.1 Å². The maximum atomic E-state index is 11.7. The molecule has 19 heavy (non-hydrogen) atoms. The highest BCUT2D eigenvalue weighted by Crippen LogP contribution is 2.10. The van der Waals surface area contributed by atoms with Crippen molar-refractivity contribution >= 4 is 11.8 Å². The summed E-state index contributed by atoms with van der Waals surface area (Å²) in [6.07, 6.45) is 7.34. The normalized spacial score (nSPS) is 13.6. The van der Waals surface area contributed by atoms with Crippen molar-refractivity contribution < 1.29 is 9.59 Å². The lowest BCUT2D eigenvalue weighted by Gasteiger charge is -2.14. The number of amides is 2. The summed E-state index contributed by atoms with van der Waals surface area (Å²) < 4.78 is 0. The molecule has 1 aliphatic heterocycles. The van der Waals surface area contributed by atoms with Gasteiger partial charge in [0.25, 0.3) is 0 Å². The third-order valence-corrected chi connectivity index (χ3v) is 2.84. The minimum absolute atomic E-state index is 0.296. The summed E-state index contributed by atoms with van der Waals surface area (Å²) in [5, 5.41) is 0. The molecule has 0 aliphatic carbocycles. The molecular weight excluding hydrogens is 242 g/mol. The van der Waals surface area contributed by atoms with E-state index < -0.39 is 0 Å². The van der Waals surface area contributed by atoms with E-state index in [0.717, 1.165) is 19.5 Å². The van der Waals surface area contributed by atoms with Crippen molar-refractivity contribution in [1.82, 2.24) is 9.88 Å². The largest absolute Gasteiger partial charge is 0.370 e. The van der Waals surface area contributed by atoms with E-state index in [1.807, 2.05) is 17.0 Å². The predicted octanol–water partition coefficient (Wildman–Crippen LogP) is 1.13. The molecule has 2 amide bonds. The third-order valence-electron chi connectivity index (χ3n) is 2.84. The first-order valence-electron chi connectivity index (χ1n) is 6.52. The third kappa shape index (κ3) is 6.55. The molecule has 2 rings (SSSR count). The van der Waals surface area contributed by atoms with Gasteiger partial charge < -0.3 is 10.6 Å². The Hall–Kier alpha value is -1.91. The molecule has 1 aromatic heterocycles. The van der Waals surface area contributed by atoms with Gasteiger partial charge in [0.05, 0.1) is 0 Å². The van der Waals surface area contributed by atoms with Crippen LogP contribution in [0.25, 0.3) is 0 Å². The number of aryl methyl sites for hydroxylation is 1. The Morgan fingerprint density at radius 3 is 2.32 bits per heavy atom. The SMILES string of the molecule is CC(N)=O.O=C(CCc1ccncc1)N1CCCC1. The molecule has 0 spiro atoms. The van der Waals surface area contributed by atoms with E-state index in [9.17, 15) is 9.59 Å². The summed E-state index contributed by atoms with van der Waals surface area (Å²) in [6, 6.07) is 3.94. The highest BCUT2D eigenvalue weighted by Gasteiger charge is 2.16. The number of nitrogens with two attached hydrogens (primary N) is 1. The van der Waals surface area contributed by atoms with Crippen LogP contribution in [0, 0.1) is 0 Å². The molecule has 1 saturated heterocycles. The number of carbonyl (C=O) groups excluding carboxylic acids is 2. The van der Waals surface area contributed by atoms with Crippen LogP contribution in [-0.2, 0) is 16.0 Å². The van der Waals surface area contributed by atoms with Crippen molar-refractivity contribution in [2.75, 3.05) is 13.1 Å². The van der Waals surface area contributed by atoms with Crippen molar-refractivity contribution in [1.29, 1.82) is 0 Å². The lowest BCUT2D eigenvalue weighted by Crippen LogP contribution is -2.27. The highest BCUT2D eigenvalue weighted by atomic mass is 16.2. The van der Waals surface area contributed by atoms with Gasteiger partial charge in [-0.05, 0) is 37.0 Å². The predicted molar refractivity (Wildman–Crippen MR) is 73.2 cm³/mol. The average Bonchev–Trinajstić information content (AvgIpc) is 2.90. The fourth-order valence-corrected chi connectivity index (χ4v) is 1.93. The molecule has 5 nitrogen and oxygen atoms in total. The van der Waals surface area contributed by atoms with Crippen LogP contribution in [-0.4, -0.2) is 34.8 Å². The molecule has 1 fully saturated rings. The zero-order valence-electron chi connectivity index (χ0n) is 11.3. The Morgan fingerprint density at radius 1 is 1.26 bits per heavy atom. The number of hydrogen-bond donors (Lipinski definition) is 1. The second-order valence-corrected chi connectivity index (χ2v) is 4.55. The molecule has 0 unspecified atom stereocenters. The number of hydrogen-bond acceptors (Lipinski definition) is 3. The molecule has 2 N–H and O–H groups in total. The molecule has 5 heteroatoms. The molecule has 0 aromatic carbocycles. The maximum Gasteiger partial charge on any atom is 0.222 e. The van der Waals surface area contributed by atoms with Crippen molar-refractivity contribution in [3.8, 4) is 0 Å². The quantitative estimate of drug-likeness (QED) is 0.888. The second-order valence-electron chi connectivity index (χ2n) is 4.55. The number of aromatic nitrogens is 1. The Balaban J connectivity index is 0.000000399. The summed E-state index contributed by atoms with van der Waals surface area (Å²) in [7, 11) is 0. The molecule has 0 radical (unpaired) electrons. The van der Waals surface area contributed by atoms with Crippen LogP contribution in [0.15, 0.2) is 24.5 Å². The van der Waals surface area contributed by atoms with Gasteiger partial charge in [0.2, 0.25) is 11.8 Å². The van der Waals surface area contributed by atoms with E-state index in [1.54, 1.807) is 12.4 Å². The summed E-state index contributed by atoms with van der Waals surface area (Å²) in [5.41, 5.74) is 5.66. The molecule has 1 aromatic rings. The summed E-state index contributed by atoms with van der Waals surface area (Å²) in [5.74, 6) is -0.0377. The van der Waals surface area contributed by atoms with Gasteiger partial charge in [-0.1, -0.05) is 0 Å². The fourth-order valence-electron chi connectivity index (χ4n) is 1.93. The molecular formula is C14H21N3O2. The number of nitrogens with zero attached hydrogens (tertiary/aromatic N) is 2. The first-order valence-corrected chi connectivity index (χ1v) is 6.52. The van der Waals surface area contributed by atoms with Gasteiger partial charge in [0.15, 0.2) is 0 Å². The minimum atomic E-state index is -0.333. The summed E-state index contributed by atoms with van der Waals surface area (Å²) in [4.78, 5) is 26.9. The van der Waals surface area contributed by atoms with E-state index >= 15 is 0 Å². The van der Waals surface area contributed by atoms with Gasteiger partial charge in [-0.3, -0.25) is 14.6 Å². The topological polar surface area (TPSA) is 76.3 Å². The van der Waals surface area contributed by atoms with Crippen LogP contribution in [0.5, 0.6) is 0 Å².